The maximum absolute atomic E-state index is 13.9. The van der Waals surface area contributed by atoms with Gasteiger partial charge < -0.3 is 10.3 Å². The smallest absolute Gasteiger partial charge is 0.316 e. The first-order valence-electron chi connectivity index (χ1n) is 8.00. The van der Waals surface area contributed by atoms with E-state index < -0.39 is 11.6 Å². The predicted octanol–water partition coefficient (Wildman–Crippen LogP) is 2.73. The first kappa shape index (κ1) is 15.1. The Bertz CT molecular complexity index is 955. The molecule has 2 aromatic carbocycles. The van der Waals surface area contributed by atoms with Crippen LogP contribution in [0.15, 0.2) is 41.2 Å². The summed E-state index contributed by atoms with van der Waals surface area (Å²) in [5.41, 5.74) is 2.44. The van der Waals surface area contributed by atoms with Crippen LogP contribution < -0.4 is 11.0 Å². The second kappa shape index (κ2) is 5.87. The van der Waals surface area contributed by atoms with Crippen molar-refractivity contribution in [1.82, 2.24) is 14.9 Å². The Labute approximate surface area is 137 Å². The van der Waals surface area contributed by atoms with Gasteiger partial charge in [-0.05, 0) is 36.6 Å². The third-order valence-corrected chi connectivity index (χ3v) is 4.70. The summed E-state index contributed by atoms with van der Waals surface area (Å²) in [4.78, 5) is 15.3. The first-order chi connectivity index (χ1) is 11.6. The second-order valence-corrected chi connectivity index (χ2v) is 6.16. The third kappa shape index (κ3) is 2.43. The number of aromatic amines is 1. The molecular formula is C18H17F2N3O. The average Bonchev–Trinajstić information content (AvgIpc) is 3.20. The van der Waals surface area contributed by atoms with Crippen LogP contribution in [0.2, 0.25) is 0 Å². The third-order valence-electron chi connectivity index (χ3n) is 4.70. The number of nitrogens with zero attached hydrogens (tertiary/aromatic N) is 1. The summed E-state index contributed by atoms with van der Waals surface area (Å²) in [6.45, 7) is 1.83. The minimum absolute atomic E-state index is 0.00516. The molecule has 0 radical (unpaired) electrons. The lowest BCUT2D eigenvalue weighted by Gasteiger charge is -2.10. The van der Waals surface area contributed by atoms with Gasteiger partial charge in [0.1, 0.15) is 0 Å². The minimum Gasteiger partial charge on any atom is -0.316 e. The summed E-state index contributed by atoms with van der Waals surface area (Å²) in [6.07, 6.45) is 1.02. The Hall–Kier alpha value is -2.47. The lowest BCUT2D eigenvalue weighted by molar-refractivity contribution is 0.495. The number of H-pyrrole nitrogens is 1. The van der Waals surface area contributed by atoms with E-state index in [4.69, 9.17) is 0 Å². The molecule has 2 N–H and O–H groups in total. The van der Waals surface area contributed by atoms with Crippen molar-refractivity contribution in [3.05, 3.63) is 69.6 Å². The molecule has 1 unspecified atom stereocenters. The van der Waals surface area contributed by atoms with Gasteiger partial charge in [-0.15, -0.1) is 0 Å². The zero-order chi connectivity index (χ0) is 16.7. The minimum atomic E-state index is -0.908. The molecule has 124 valence electrons. The fraction of sp³-hybridized carbons (Fsp3) is 0.278. The van der Waals surface area contributed by atoms with E-state index in [9.17, 15) is 13.6 Å². The summed E-state index contributed by atoms with van der Waals surface area (Å²) in [6, 6.07) is 9.76. The number of imidazole rings is 1. The van der Waals surface area contributed by atoms with E-state index in [0.717, 1.165) is 36.7 Å². The van der Waals surface area contributed by atoms with Crippen LogP contribution in [0.4, 0.5) is 8.78 Å². The first-order valence-corrected chi connectivity index (χ1v) is 8.00. The topological polar surface area (TPSA) is 49.8 Å². The number of hydrogen-bond acceptors (Lipinski definition) is 2. The van der Waals surface area contributed by atoms with Crippen molar-refractivity contribution in [2.24, 2.45) is 0 Å². The monoisotopic (exact) mass is 329 g/mol. The molecule has 4 rings (SSSR count). The Balaban J connectivity index is 1.81. The molecule has 1 fully saturated rings. The van der Waals surface area contributed by atoms with Crippen LogP contribution in [0.25, 0.3) is 11.0 Å². The highest BCUT2D eigenvalue weighted by atomic mass is 19.2. The summed E-state index contributed by atoms with van der Waals surface area (Å²) in [5.74, 6) is -1.46. The molecule has 1 aliphatic heterocycles. The van der Waals surface area contributed by atoms with Gasteiger partial charge >= 0.3 is 5.69 Å². The fourth-order valence-corrected chi connectivity index (χ4v) is 3.46. The number of nitrogens with one attached hydrogen (secondary N) is 2. The van der Waals surface area contributed by atoms with Crippen LogP contribution >= 0.6 is 0 Å². The second-order valence-electron chi connectivity index (χ2n) is 6.16. The molecule has 1 aliphatic rings. The standard InChI is InChI=1S/C18H17F2N3O/c19-14-5-1-3-12(16(14)20)10-23-15-6-2-4-13(11-7-8-21-9-11)17(15)22-18(23)24/h1-6,11,21H,7-10H2,(H,22,24). The Morgan fingerprint density at radius 2 is 2.00 bits per heavy atom. The van der Waals surface area contributed by atoms with Gasteiger partial charge in [-0.1, -0.05) is 24.3 Å². The molecule has 3 aromatic rings. The van der Waals surface area contributed by atoms with E-state index >= 15 is 0 Å². The molecule has 0 bridgehead atoms. The molecule has 1 atom stereocenters. The number of para-hydroxylation sites is 1. The van der Waals surface area contributed by atoms with Gasteiger partial charge in [0.15, 0.2) is 11.6 Å². The molecule has 24 heavy (non-hydrogen) atoms. The van der Waals surface area contributed by atoms with E-state index in [0.29, 0.717) is 11.4 Å². The van der Waals surface area contributed by atoms with Crippen LogP contribution in [-0.2, 0) is 6.54 Å². The normalized spacial score (nSPS) is 17.7. The summed E-state index contributed by atoms with van der Waals surface area (Å²) in [5, 5.41) is 3.32. The fourth-order valence-electron chi connectivity index (χ4n) is 3.46. The van der Waals surface area contributed by atoms with E-state index in [-0.39, 0.29) is 17.8 Å². The molecule has 1 aromatic heterocycles. The van der Waals surface area contributed by atoms with Crippen molar-refractivity contribution in [3.63, 3.8) is 0 Å². The molecule has 1 saturated heterocycles. The maximum Gasteiger partial charge on any atom is 0.326 e. The molecule has 0 spiro atoms. The predicted molar refractivity (Wildman–Crippen MR) is 88.2 cm³/mol. The van der Waals surface area contributed by atoms with Crippen LogP contribution in [-0.4, -0.2) is 22.6 Å². The maximum atomic E-state index is 13.9. The highest BCUT2D eigenvalue weighted by Crippen LogP contribution is 2.28. The molecular weight excluding hydrogens is 312 g/mol. The van der Waals surface area contributed by atoms with Crippen molar-refractivity contribution < 1.29 is 8.78 Å². The van der Waals surface area contributed by atoms with Gasteiger partial charge in [0.25, 0.3) is 0 Å². The van der Waals surface area contributed by atoms with Crippen molar-refractivity contribution in [3.8, 4) is 0 Å². The number of benzene rings is 2. The van der Waals surface area contributed by atoms with E-state index in [1.807, 2.05) is 18.2 Å². The molecule has 2 heterocycles. The molecule has 0 amide bonds. The zero-order valence-corrected chi connectivity index (χ0v) is 13.0. The van der Waals surface area contributed by atoms with E-state index in [2.05, 4.69) is 10.3 Å². The number of rotatable bonds is 3. The van der Waals surface area contributed by atoms with Crippen LogP contribution in [0.1, 0.15) is 23.5 Å². The van der Waals surface area contributed by atoms with Gasteiger partial charge in [0.2, 0.25) is 0 Å². The average molecular weight is 329 g/mol. The van der Waals surface area contributed by atoms with Gasteiger partial charge in [0, 0.05) is 12.1 Å². The number of halogens is 2. The summed E-state index contributed by atoms with van der Waals surface area (Å²) in [7, 11) is 0. The Morgan fingerprint density at radius 1 is 1.17 bits per heavy atom. The number of fused-ring (bicyclic) bond motifs is 1. The largest absolute Gasteiger partial charge is 0.326 e. The highest BCUT2D eigenvalue weighted by Gasteiger charge is 2.21. The van der Waals surface area contributed by atoms with Gasteiger partial charge in [-0.2, -0.15) is 0 Å². The van der Waals surface area contributed by atoms with Crippen LogP contribution in [0.5, 0.6) is 0 Å². The quantitative estimate of drug-likeness (QED) is 0.776. The molecule has 4 nitrogen and oxygen atoms in total. The lowest BCUT2D eigenvalue weighted by Crippen LogP contribution is -2.18. The summed E-state index contributed by atoms with van der Waals surface area (Å²) >= 11 is 0. The lowest BCUT2D eigenvalue weighted by atomic mass is 9.97. The van der Waals surface area contributed by atoms with Crippen molar-refractivity contribution in [2.45, 2.75) is 18.9 Å². The van der Waals surface area contributed by atoms with Gasteiger partial charge in [-0.3, -0.25) is 4.57 Å². The highest BCUT2D eigenvalue weighted by molar-refractivity contribution is 5.79. The van der Waals surface area contributed by atoms with Crippen molar-refractivity contribution in [2.75, 3.05) is 13.1 Å². The van der Waals surface area contributed by atoms with Crippen LogP contribution in [0.3, 0.4) is 0 Å². The van der Waals surface area contributed by atoms with Gasteiger partial charge in [0.05, 0.1) is 17.6 Å². The summed E-state index contributed by atoms with van der Waals surface area (Å²) < 4.78 is 28.8. The van der Waals surface area contributed by atoms with Crippen molar-refractivity contribution in [1.29, 1.82) is 0 Å². The Kier molecular flexibility index (Phi) is 3.69. The van der Waals surface area contributed by atoms with Gasteiger partial charge in [-0.25, -0.2) is 13.6 Å². The van der Waals surface area contributed by atoms with E-state index in [1.54, 1.807) is 0 Å². The van der Waals surface area contributed by atoms with Crippen molar-refractivity contribution >= 4 is 11.0 Å². The molecule has 0 aliphatic carbocycles. The molecule has 0 saturated carbocycles. The molecule has 6 heteroatoms. The SMILES string of the molecule is O=c1[nH]c2c(C3CCNC3)cccc2n1Cc1cccc(F)c1F. The van der Waals surface area contributed by atoms with Crippen LogP contribution in [0, 0.1) is 11.6 Å². The number of hydrogen-bond donors (Lipinski definition) is 2. The zero-order valence-electron chi connectivity index (χ0n) is 13.0. The number of aromatic nitrogens is 2. The van der Waals surface area contributed by atoms with E-state index in [1.165, 1.54) is 16.7 Å². The Morgan fingerprint density at radius 3 is 2.79 bits per heavy atom.